The van der Waals surface area contributed by atoms with E-state index in [2.05, 4.69) is 10.6 Å². The summed E-state index contributed by atoms with van der Waals surface area (Å²) in [6, 6.07) is 7.75. The Bertz CT molecular complexity index is 545. The van der Waals surface area contributed by atoms with Crippen LogP contribution in [0.15, 0.2) is 36.5 Å². The van der Waals surface area contributed by atoms with E-state index in [0.717, 1.165) is 11.1 Å². The second-order valence-corrected chi connectivity index (χ2v) is 5.91. The van der Waals surface area contributed by atoms with Crippen molar-refractivity contribution in [1.82, 2.24) is 10.6 Å². The Morgan fingerprint density at radius 2 is 2.09 bits per heavy atom. The first-order valence-electron chi connectivity index (χ1n) is 7.30. The lowest BCUT2D eigenvalue weighted by Crippen LogP contribution is -2.33. The summed E-state index contributed by atoms with van der Waals surface area (Å²) >= 11 is 0. The Kier molecular flexibility index (Phi) is 6.63. The minimum absolute atomic E-state index is 0.409. The number of hydrogen-bond acceptors (Lipinski definition) is 4. The standard InChI is InChI=1S/C17H25N3O2/c1-17(2,3)22-16(21)20-11-8-13-6-5-7-14(12-13)15(18)9-10-19-4/h5-7,9-10,12,18-19H,8,11H2,1-4H3,(H,20,21)/b10-9-,18-15?. The molecule has 120 valence electrons. The first-order valence-corrected chi connectivity index (χ1v) is 7.30. The van der Waals surface area contributed by atoms with Crippen LogP contribution in [0.3, 0.4) is 0 Å². The van der Waals surface area contributed by atoms with Crippen LogP contribution in [0.25, 0.3) is 0 Å². The van der Waals surface area contributed by atoms with Crippen molar-refractivity contribution in [3.63, 3.8) is 0 Å². The smallest absolute Gasteiger partial charge is 0.407 e. The van der Waals surface area contributed by atoms with E-state index in [9.17, 15) is 4.79 Å². The molecule has 0 spiro atoms. The zero-order chi connectivity index (χ0) is 16.6. The van der Waals surface area contributed by atoms with Crippen LogP contribution in [0.1, 0.15) is 31.9 Å². The molecule has 1 aromatic carbocycles. The number of carbonyl (C=O) groups is 1. The summed E-state index contributed by atoms with van der Waals surface area (Å²) in [7, 11) is 1.79. The van der Waals surface area contributed by atoms with Crippen molar-refractivity contribution >= 4 is 11.8 Å². The zero-order valence-electron chi connectivity index (χ0n) is 13.7. The summed E-state index contributed by atoms with van der Waals surface area (Å²) in [5.41, 5.74) is 1.87. The van der Waals surface area contributed by atoms with Crippen LogP contribution in [-0.4, -0.2) is 31.0 Å². The molecule has 0 aliphatic heterocycles. The molecule has 0 aliphatic carbocycles. The Hall–Kier alpha value is -2.30. The van der Waals surface area contributed by atoms with E-state index in [1.165, 1.54) is 0 Å². The number of ether oxygens (including phenoxy) is 1. The van der Waals surface area contributed by atoms with Gasteiger partial charge in [-0.25, -0.2) is 4.79 Å². The number of alkyl carbamates (subject to hydrolysis) is 1. The maximum atomic E-state index is 11.6. The fourth-order valence-corrected chi connectivity index (χ4v) is 1.78. The normalized spacial score (nSPS) is 11.3. The molecule has 0 atom stereocenters. The molecule has 0 heterocycles. The van der Waals surface area contributed by atoms with Gasteiger partial charge in [0.2, 0.25) is 0 Å². The summed E-state index contributed by atoms with van der Waals surface area (Å²) in [6.45, 7) is 6.00. The maximum Gasteiger partial charge on any atom is 0.407 e. The van der Waals surface area contributed by atoms with E-state index in [-0.39, 0.29) is 0 Å². The van der Waals surface area contributed by atoms with Crippen molar-refractivity contribution in [2.45, 2.75) is 32.8 Å². The highest BCUT2D eigenvalue weighted by Gasteiger charge is 2.15. The molecule has 1 amide bonds. The van der Waals surface area contributed by atoms with Gasteiger partial charge in [0, 0.05) is 13.6 Å². The molecule has 0 unspecified atom stereocenters. The Morgan fingerprint density at radius 3 is 2.73 bits per heavy atom. The van der Waals surface area contributed by atoms with Crippen LogP contribution in [0, 0.1) is 5.41 Å². The van der Waals surface area contributed by atoms with Gasteiger partial charge >= 0.3 is 6.09 Å². The van der Waals surface area contributed by atoms with Crippen LogP contribution in [0.5, 0.6) is 0 Å². The van der Waals surface area contributed by atoms with E-state index < -0.39 is 11.7 Å². The van der Waals surface area contributed by atoms with Crippen molar-refractivity contribution in [1.29, 1.82) is 5.41 Å². The molecule has 5 nitrogen and oxygen atoms in total. The highest BCUT2D eigenvalue weighted by atomic mass is 16.6. The molecule has 0 radical (unpaired) electrons. The van der Waals surface area contributed by atoms with Gasteiger partial charge in [-0.05, 0) is 56.7 Å². The van der Waals surface area contributed by atoms with Crippen molar-refractivity contribution < 1.29 is 9.53 Å². The number of amides is 1. The number of nitrogens with one attached hydrogen (secondary N) is 3. The molecular formula is C17H25N3O2. The van der Waals surface area contributed by atoms with Crippen molar-refractivity contribution in [2.24, 2.45) is 0 Å². The second kappa shape index (κ2) is 8.22. The van der Waals surface area contributed by atoms with Crippen LogP contribution >= 0.6 is 0 Å². The van der Waals surface area contributed by atoms with Gasteiger partial charge in [0.15, 0.2) is 0 Å². The van der Waals surface area contributed by atoms with E-state index in [0.29, 0.717) is 18.7 Å². The summed E-state index contributed by atoms with van der Waals surface area (Å²) < 4.78 is 5.18. The van der Waals surface area contributed by atoms with Gasteiger partial charge in [0.05, 0.1) is 5.71 Å². The number of benzene rings is 1. The molecule has 0 aliphatic rings. The van der Waals surface area contributed by atoms with Gasteiger partial charge in [-0.1, -0.05) is 18.2 Å². The first-order chi connectivity index (χ1) is 10.3. The van der Waals surface area contributed by atoms with E-state index >= 15 is 0 Å². The van der Waals surface area contributed by atoms with Gasteiger partial charge in [-0.15, -0.1) is 0 Å². The molecule has 1 rings (SSSR count). The molecule has 1 aromatic rings. The highest BCUT2D eigenvalue weighted by molar-refractivity contribution is 6.06. The average molecular weight is 303 g/mol. The van der Waals surface area contributed by atoms with Crippen molar-refractivity contribution in [2.75, 3.05) is 13.6 Å². The third-order valence-electron chi connectivity index (χ3n) is 2.74. The largest absolute Gasteiger partial charge is 0.444 e. The lowest BCUT2D eigenvalue weighted by atomic mass is 10.0. The third kappa shape index (κ3) is 6.92. The van der Waals surface area contributed by atoms with Crippen LogP contribution in [-0.2, 0) is 11.2 Å². The predicted molar refractivity (Wildman–Crippen MR) is 89.4 cm³/mol. The number of carbonyl (C=O) groups excluding carboxylic acids is 1. The Labute approximate surface area is 132 Å². The summed E-state index contributed by atoms with van der Waals surface area (Å²) in [4.78, 5) is 11.6. The zero-order valence-corrected chi connectivity index (χ0v) is 13.7. The van der Waals surface area contributed by atoms with Gasteiger partial charge in [-0.2, -0.15) is 0 Å². The Balaban J connectivity index is 2.52. The minimum Gasteiger partial charge on any atom is -0.444 e. The van der Waals surface area contributed by atoms with E-state index in [1.54, 1.807) is 19.3 Å². The number of hydrogen-bond donors (Lipinski definition) is 3. The van der Waals surface area contributed by atoms with Crippen LogP contribution in [0.2, 0.25) is 0 Å². The molecule has 0 fully saturated rings. The van der Waals surface area contributed by atoms with Gasteiger partial charge in [0.25, 0.3) is 0 Å². The molecular weight excluding hydrogens is 278 g/mol. The van der Waals surface area contributed by atoms with Crippen LogP contribution < -0.4 is 10.6 Å². The molecule has 0 aromatic heterocycles. The molecule has 22 heavy (non-hydrogen) atoms. The lowest BCUT2D eigenvalue weighted by Gasteiger charge is -2.19. The molecule has 0 bridgehead atoms. The third-order valence-corrected chi connectivity index (χ3v) is 2.74. The lowest BCUT2D eigenvalue weighted by molar-refractivity contribution is 0.0528. The quantitative estimate of drug-likeness (QED) is 0.707. The van der Waals surface area contributed by atoms with Crippen molar-refractivity contribution in [3.05, 3.63) is 47.7 Å². The van der Waals surface area contributed by atoms with Gasteiger partial charge in [0.1, 0.15) is 5.60 Å². The average Bonchev–Trinajstić information content (AvgIpc) is 2.43. The summed E-state index contributed by atoms with van der Waals surface area (Å²) in [5, 5.41) is 13.6. The Morgan fingerprint density at radius 1 is 1.36 bits per heavy atom. The topological polar surface area (TPSA) is 74.2 Å². The van der Waals surface area contributed by atoms with E-state index in [1.807, 2.05) is 45.0 Å². The number of allylic oxidation sites excluding steroid dienone is 1. The molecule has 0 saturated carbocycles. The number of rotatable bonds is 6. The predicted octanol–water partition coefficient (Wildman–Crippen LogP) is 2.85. The summed E-state index contributed by atoms with van der Waals surface area (Å²) in [6.07, 6.45) is 3.71. The van der Waals surface area contributed by atoms with Gasteiger partial charge in [-0.3, -0.25) is 0 Å². The van der Waals surface area contributed by atoms with Crippen LogP contribution in [0.4, 0.5) is 4.79 Å². The second-order valence-electron chi connectivity index (χ2n) is 5.91. The maximum absolute atomic E-state index is 11.6. The molecule has 0 saturated heterocycles. The molecule has 5 heteroatoms. The van der Waals surface area contributed by atoms with Gasteiger partial charge < -0.3 is 20.8 Å². The molecule has 3 N–H and O–H groups in total. The fourth-order valence-electron chi connectivity index (χ4n) is 1.78. The van der Waals surface area contributed by atoms with Crippen molar-refractivity contribution in [3.8, 4) is 0 Å². The first kappa shape index (κ1) is 17.8. The monoisotopic (exact) mass is 303 g/mol. The SMILES string of the molecule is CN/C=C\C(=N)c1cccc(CCNC(=O)OC(C)(C)C)c1. The minimum atomic E-state index is -0.487. The fraction of sp³-hybridized carbons (Fsp3) is 0.412. The highest BCUT2D eigenvalue weighted by Crippen LogP contribution is 2.08. The van der Waals surface area contributed by atoms with E-state index in [4.69, 9.17) is 10.1 Å². The summed E-state index contributed by atoms with van der Waals surface area (Å²) in [5.74, 6) is 0.